The molecule has 1 aromatic carbocycles. The minimum Gasteiger partial charge on any atom is -0.281 e. The van der Waals surface area contributed by atoms with Crippen molar-refractivity contribution in [3.63, 3.8) is 0 Å². The van der Waals surface area contributed by atoms with Gasteiger partial charge in [0.15, 0.2) is 5.69 Å². The monoisotopic (exact) mass is 388 g/mol. The number of carbonyl (C=O) groups excluding carboxylic acids is 1. The summed E-state index contributed by atoms with van der Waals surface area (Å²) in [5.74, 6) is 2.34. The molecule has 1 heterocycles. The summed E-state index contributed by atoms with van der Waals surface area (Å²) in [6.45, 7) is 1.96. The fraction of sp³-hybridized carbons (Fsp3) is 0.458. The van der Waals surface area contributed by atoms with Crippen LogP contribution in [0.5, 0.6) is 0 Å². The van der Waals surface area contributed by atoms with Crippen molar-refractivity contribution in [2.75, 3.05) is 0 Å². The van der Waals surface area contributed by atoms with Gasteiger partial charge in [-0.3, -0.25) is 9.89 Å². The summed E-state index contributed by atoms with van der Waals surface area (Å²) in [6, 6.07) is 12.0. The van der Waals surface area contributed by atoms with Gasteiger partial charge >= 0.3 is 0 Å². The molecular weight excluding hydrogens is 360 g/mol. The van der Waals surface area contributed by atoms with Crippen LogP contribution in [0, 0.1) is 17.8 Å². The number of amides is 1. The highest BCUT2D eigenvalue weighted by atomic mass is 16.2. The van der Waals surface area contributed by atoms with Gasteiger partial charge in [-0.2, -0.15) is 10.2 Å². The zero-order valence-electron chi connectivity index (χ0n) is 16.9. The van der Waals surface area contributed by atoms with E-state index in [1.807, 2.05) is 49.4 Å². The molecule has 0 radical (unpaired) electrons. The summed E-state index contributed by atoms with van der Waals surface area (Å²) in [7, 11) is 0. The van der Waals surface area contributed by atoms with Gasteiger partial charge in [0.05, 0.1) is 6.21 Å². The molecule has 0 saturated heterocycles. The number of aromatic nitrogens is 2. The van der Waals surface area contributed by atoms with E-state index in [4.69, 9.17) is 0 Å². The Bertz CT molecular complexity index is 921. The molecule has 5 heteroatoms. The van der Waals surface area contributed by atoms with Crippen LogP contribution in [-0.4, -0.2) is 22.3 Å². The largest absolute Gasteiger partial charge is 0.291 e. The number of carbonyl (C=O) groups is 1. The number of nitrogens with zero attached hydrogens (tertiary/aromatic N) is 2. The standard InChI is InChI=1S/C24H28N4O/c1-16(7-17-5-3-2-4-6-17)15-25-28-23(29)21-11-22(27-26-21)24-12-18-8-19(13-24)10-20(9-18)14-24/h2-7,11,15,18-20H,8-10,12-14H2,1H3,(H,26,27)(H,28,29)/b16-7?,25-15-. The lowest BCUT2D eigenvalue weighted by atomic mass is 9.49. The van der Waals surface area contributed by atoms with Crippen molar-refractivity contribution in [1.29, 1.82) is 0 Å². The molecule has 0 unspecified atom stereocenters. The smallest absolute Gasteiger partial charge is 0.281 e. The Kier molecular flexibility index (Phi) is 4.61. The highest BCUT2D eigenvalue weighted by Gasteiger charge is 2.52. The van der Waals surface area contributed by atoms with E-state index >= 15 is 0 Å². The second-order valence-electron chi connectivity index (χ2n) is 9.36. The van der Waals surface area contributed by atoms with Gasteiger partial charge in [-0.05, 0) is 80.4 Å². The Labute approximate surface area is 171 Å². The SMILES string of the molecule is CC(=Cc1ccccc1)/C=N\NC(=O)c1cc(C23CC4CC(CC(C4)C2)C3)[nH]n1. The fourth-order valence-corrected chi connectivity index (χ4v) is 6.25. The highest BCUT2D eigenvalue weighted by Crippen LogP contribution is 2.60. The maximum absolute atomic E-state index is 12.5. The second kappa shape index (κ2) is 7.29. The van der Waals surface area contributed by atoms with Crippen LogP contribution in [0.15, 0.2) is 47.1 Å². The quantitative estimate of drug-likeness (QED) is 0.576. The van der Waals surface area contributed by atoms with Crippen LogP contribution < -0.4 is 5.43 Å². The summed E-state index contributed by atoms with van der Waals surface area (Å²) in [4.78, 5) is 12.5. The van der Waals surface area contributed by atoms with Crippen molar-refractivity contribution in [3.05, 3.63) is 58.9 Å². The average molecular weight is 389 g/mol. The second-order valence-corrected chi connectivity index (χ2v) is 9.36. The fourth-order valence-electron chi connectivity index (χ4n) is 6.25. The van der Waals surface area contributed by atoms with Crippen LogP contribution in [-0.2, 0) is 5.41 Å². The predicted octanol–water partition coefficient (Wildman–Crippen LogP) is 4.70. The first kappa shape index (κ1) is 18.3. The lowest BCUT2D eigenvalue weighted by Gasteiger charge is -2.56. The van der Waals surface area contributed by atoms with Crippen LogP contribution in [0.2, 0.25) is 0 Å². The lowest BCUT2D eigenvalue weighted by Crippen LogP contribution is -2.48. The van der Waals surface area contributed by atoms with Gasteiger partial charge < -0.3 is 0 Å². The zero-order valence-corrected chi connectivity index (χ0v) is 16.9. The Morgan fingerprint density at radius 3 is 2.45 bits per heavy atom. The van der Waals surface area contributed by atoms with Crippen molar-refractivity contribution < 1.29 is 4.79 Å². The van der Waals surface area contributed by atoms with Gasteiger partial charge in [-0.1, -0.05) is 36.4 Å². The number of nitrogens with one attached hydrogen (secondary N) is 2. The van der Waals surface area contributed by atoms with Crippen molar-refractivity contribution in [2.45, 2.75) is 50.9 Å². The third kappa shape index (κ3) is 3.66. The minimum absolute atomic E-state index is 0.221. The van der Waals surface area contributed by atoms with Gasteiger partial charge in [0.25, 0.3) is 5.91 Å². The Morgan fingerprint density at radius 1 is 1.14 bits per heavy atom. The molecule has 6 rings (SSSR count). The van der Waals surface area contributed by atoms with Crippen molar-refractivity contribution in [1.82, 2.24) is 15.6 Å². The molecule has 2 aromatic rings. The van der Waals surface area contributed by atoms with E-state index < -0.39 is 0 Å². The van der Waals surface area contributed by atoms with E-state index in [1.54, 1.807) is 6.21 Å². The summed E-state index contributed by atoms with van der Waals surface area (Å²) < 4.78 is 0. The van der Waals surface area contributed by atoms with Gasteiger partial charge in [0, 0.05) is 11.1 Å². The summed E-state index contributed by atoms with van der Waals surface area (Å²) in [5, 5.41) is 11.6. The zero-order chi connectivity index (χ0) is 19.8. The predicted molar refractivity (Wildman–Crippen MR) is 114 cm³/mol. The molecule has 4 saturated carbocycles. The number of rotatable bonds is 5. The third-order valence-corrected chi connectivity index (χ3v) is 7.05. The van der Waals surface area contributed by atoms with Crippen LogP contribution in [0.3, 0.4) is 0 Å². The minimum atomic E-state index is -0.263. The van der Waals surface area contributed by atoms with E-state index in [2.05, 4.69) is 20.7 Å². The topological polar surface area (TPSA) is 70.1 Å². The maximum Gasteiger partial charge on any atom is 0.291 e. The first-order valence-electron chi connectivity index (χ1n) is 10.7. The first-order chi connectivity index (χ1) is 14.1. The van der Waals surface area contributed by atoms with Crippen LogP contribution in [0.1, 0.15) is 67.2 Å². The summed E-state index contributed by atoms with van der Waals surface area (Å²) in [5.41, 5.74) is 6.49. The molecule has 4 aliphatic carbocycles. The van der Waals surface area contributed by atoms with Crippen molar-refractivity contribution in [2.24, 2.45) is 22.9 Å². The van der Waals surface area contributed by atoms with Crippen molar-refractivity contribution >= 4 is 18.2 Å². The average Bonchev–Trinajstić information content (AvgIpc) is 3.19. The molecule has 0 aliphatic heterocycles. The van der Waals surface area contributed by atoms with E-state index in [1.165, 1.54) is 38.5 Å². The normalized spacial score (nSPS) is 30.8. The molecule has 29 heavy (non-hydrogen) atoms. The highest BCUT2D eigenvalue weighted by molar-refractivity contribution is 5.93. The van der Waals surface area contributed by atoms with E-state index in [0.717, 1.165) is 34.6 Å². The van der Waals surface area contributed by atoms with Crippen LogP contribution >= 0.6 is 0 Å². The number of H-pyrrole nitrogens is 1. The third-order valence-electron chi connectivity index (χ3n) is 7.05. The number of aromatic amines is 1. The lowest BCUT2D eigenvalue weighted by molar-refractivity contribution is -0.00721. The number of hydrogen-bond donors (Lipinski definition) is 2. The Morgan fingerprint density at radius 2 is 1.79 bits per heavy atom. The van der Waals surface area contributed by atoms with Crippen LogP contribution in [0.4, 0.5) is 0 Å². The molecule has 4 aliphatic rings. The number of benzene rings is 1. The number of hydrogen-bond acceptors (Lipinski definition) is 3. The maximum atomic E-state index is 12.5. The molecule has 2 N–H and O–H groups in total. The van der Waals surface area contributed by atoms with E-state index in [9.17, 15) is 4.79 Å². The van der Waals surface area contributed by atoms with Gasteiger partial charge in [0.2, 0.25) is 0 Å². The Balaban J connectivity index is 1.24. The Hall–Kier alpha value is -2.69. The van der Waals surface area contributed by atoms with Crippen molar-refractivity contribution in [3.8, 4) is 0 Å². The van der Waals surface area contributed by atoms with E-state index in [-0.39, 0.29) is 11.3 Å². The molecule has 5 nitrogen and oxygen atoms in total. The molecular formula is C24H28N4O. The van der Waals surface area contributed by atoms with Gasteiger partial charge in [0.1, 0.15) is 0 Å². The number of hydrazone groups is 1. The van der Waals surface area contributed by atoms with E-state index in [0.29, 0.717) is 5.69 Å². The summed E-state index contributed by atoms with van der Waals surface area (Å²) >= 11 is 0. The molecule has 4 bridgehead atoms. The molecule has 1 amide bonds. The molecule has 0 atom stereocenters. The molecule has 4 fully saturated rings. The summed E-state index contributed by atoms with van der Waals surface area (Å²) in [6.07, 6.45) is 11.7. The number of allylic oxidation sites excluding steroid dienone is 1. The molecule has 1 aromatic heterocycles. The van der Waals surface area contributed by atoms with Gasteiger partial charge in [-0.25, -0.2) is 5.43 Å². The van der Waals surface area contributed by atoms with Crippen LogP contribution in [0.25, 0.3) is 6.08 Å². The first-order valence-corrected chi connectivity index (χ1v) is 10.7. The van der Waals surface area contributed by atoms with Gasteiger partial charge in [-0.15, -0.1) is 0 Å². The molecule has 150 valence electrons. The molecule has 0 spiro atoms.